The number of hydrogen-bond acceptors (Lipinski definition) is 4. The molecule has 1 fully saturated rings. The van der Waals surface area contributed by atoms with Gasteiger partial charge in [0, 0.05) is 13.1 Å². The maximum atomic E-state index is 11.6. The fourth-order valence-electron chi connectivity index (χ4n) is 2.13. The summed E-state index contributed by atoms with van der Waals surface area (Å²) in [6, 6.07) is 0. The first-order valence-electron chi connectivity index (χ1n) is 6.51. The third kappa shape index (κ3) is 5.49. The van der Waals surface area contributed by atoms with E-state index in [-0.39, 0.29) is 17.8 Å². The number of rotatable bonds is 4. The van der Waals surface area contributed by atoms with Crippen LogP contribution >= 0.6 is 0 Å². The van der Waals surface area contributed by atoms with Gasteiger partial charge in [0.15, 0.2) is 0 Å². The van der Waals surface area contributed by atoms with E-state index >= 15 is 0 Å². The van der Waals surface area contributed by atoms with Crippen LogP contribution in [0.2, 0.25) is 0 Å². The number of amides is 1. The van der Waals surface area contributed by atoms with Gasteiger partial charge in [-0.15, -0.1) is 0 Å². The molecule has 18 heavy (non-hydrogen) atoms. The number of piperidine rings is 1. The van der Waals surface area contributed by atoms with Crippen molar-refractivity contribution in [3.8, 4) is 0 Å². The van der Waals surface area contributed by atoms with Crippen LogP contribution in [0.15, 0.2) is 0 Å². The molecule has 1 aliphatic rings. The Kier molecular flexibility index (Phi) is 5.14. The van der Waals surface area contributed by atoms with Crippen molar-refractivity contribution in [2.75, 3.05) is 19.6 Å². The maximum Gasteiger partial charge on any atom is 0.307 e. The maximum absolute atomic E-state index is 11.6. The molecule has 0 spiro atoms. The Morgan fingerprint density at radius 1 is 1.39 bits per heavy atom. The van der Waals surface area contributed by atoms with Gasteiger partial charge in [-0.2, -0.15) is 0 Å². The minimum absolute atomic E-state index is 0.0719. The first kappa shape index (κ1) is 15.0. The van der Waals surface area contributed by atoms with Crippen LogP contribution in [-0.4, -0.2) is 42.0 Å². The lowest BCUT2D eigenvalue weighted by molar-refractivity contribution is -0.155. The zero-order chi connectivity index (χ0) is 13.8. The lowest BCUT2D eigenvalue weighted by Gasteiger charge is -2.31. The smallest absolute Gasteiger partial charge is 0.307 e. The molecule has 5 heteroatoms. The van der Waals surface area contributed by atoms with E-state index < -0.39 is 5.60 Å². The average molecular weight is 256 g/mol. The largest absolute Gasteiger partial charge is 0.460 e. The second-order valence-electron chi connectivity index (χ2n) is 5.88. The summed E-state index contributed by atoms with van der Waals surface area (Å²) in [4.78, 5) is 24.8. The van der Waals surface area contributed by atoms with Crippen molar-refractivity contribution in [2.24, 2.45) is 11.7 Å². The van der Waals surface area contributed by atoms with Crippen molar-refractivity contribution >= 4 is 11.9 Å². The van der Waals surface area contributed by atoms with Crippen LogP contribution in [0.1, 0.15) is 40.0 Å². The van der Waals surface area contributed by atoms with E-state index in [2.05, 4.69) is 4.90 Å². The topological polar surface area (TPSA) is 72.6 Å². The highest BCUT2D eigenvalue weighted by molar-refractivity contribution is 5.77. The van der Waals surface area contributed by atoms with Crippen LogP contribution in [-0.2, 0) is 14.3 Å². The van der Waals surface area contributed by atoms with Crippen LogP contribution in [0.3, 0.4) is 0 Å². The first-order chi connectivity index (χ1) is 8.28. The van der Waals surface area contributed by atoms with E-state index in [0.717, 1.165) is 19.4 Å². The molecule has 1 rings (SSSR count). The first-order valence-corrected chi connectivity index (χ1v) is 6.51. The van der Waals surface area contributed by atoms with Crippen molar-refractivity contribution in [1.82, 2.24) is 4.90 Å². The SMILES string of the molecule is CC(C)(C)OC(=O)CCN1CCCC(C(N)=O)C1. The van der Waals surface area contributed by atoms with Crippen molar-refractivity contribution < 1.29 is 14.3 Å². The Balaban J connectivity index is 2.31. The Hall–Kier alpha value is -1.10. The summed E-state index contributed by atoms with van der Waals surface area (Å²) in [7, 11) is 0. The molecule has 0 aliphatic carbocycles. The molecule has 0 aromatic heterocycles. The number of esters is 1. The van der Waals surface area contributed by atoms with Crippen LogP contribution in [0.4, 0.5) is 0 Å². The number of nitrogens with two attached hydrogens (primary N) is 1. The highest BCUT2D eigenvalue weighted by Gasteiger charge is 2.24. The van der Waals surface area contributed by atoms with Crippen LogP contribution < -0.4 is 5.73 Å². The van der Waals surface area contributed by atoms with Gasteiger partial charge in [-0.05, 0) is 40.2 Å². The second kappa shape index (κ2) is 6.18. The van der Waals surface area contributed by atoms with Gasteiger partial charge in [0.05, 0.1) is 12.3 Å². The minimum Gasteiger partial charge on any atom is -0.460 e. The third-order valence-electron chi connectivity index (χ3n) is 2.96. The molecule has 0 aromatic carbocycles. The second-order valence-corrected chi connectivity index (χ2v) is 5.88. The fraction of sp³-hybridized carbons (Fsp3) is 0.846. The molecule has 0 bridgehead atoms. The Labute approximate surface area is 109 Å². The Bertz CT molecular complexity index is 310. The van der Waals surface area contributed by atoms with Gasteiger partial charge in [-0.25, -0.2) is 0 Å². The molecule has 0 radical (unpaired) electrons. The molecule has 1 aliphatic heterocycles. The lowest BCUT2D eigenvalue weighted by Crippen LogP contribution is -2.42. The van der Waals surface area contributed by atoms with Crippen molar-refractivity contribution in [2.45, 2.75) is 45.6 Å². The lowest BCUT2D eigenvalue weighted by atomic mass is 9.97. The molecular formula is C13H24N2O3. The number of nitrogens with zero attached hydrogens (tertiary/aromatic N) is 1. The van der Waals surface area contributed by atoms with Crippen LogP contribution in [0.5, 0.6) is 0 Å². The average Bonchev–Trinajstić information content (AvgIpc) is 2.24. The number of primary amides is 1. The van der Waals surface area contributed by atoms with Gasteiger partial charge in [0.2, 0.25) is 5.91 Å². The highest BCUT2D eigenvalue weighted by Crippen LogP contribution is 2.16. The summed E-state index contributed by atoms with van der Waals surface area (Å²) in [6.07, 6.45) is 2.18. The fourth-order valence-corrected chi connectivity index (χ4v) is 2.13. The van der Waals surface area contributed by atoms with Gasteiger partial charge >= 0.3 is 5.97 Å². The predicted octanol–water partition coefficient (Wildman–Crippen LogP) is 0.915. The van der Waals surface area contributed by atoms with Gasteiger partial charge in [-0.1, -0.05) is 0 Å². The summed E-state index contributed by atoms with van der Waals surface area (Å²) in [5, 5.41) is 0. The Morgan fingerprint density at radius 2 is 2.06 bits per heavy atom. The predicted molar refractivity (Wildman–Crippen MR) is 68.8 cm³/mol. The molecule has 1 amide bonds. The molecule has 0 saturated carbocycles. The number of carbonyl (C=O) groups excluding carboxylic acids is 2. The molecule has 1 atom stereocenters. The quantitative estimate of drug-likeness (QED) is 0.759. The molecule has 2 N–H and O–H groups in total. The molecule has 0 aromatic rings. The molecule has 104 valence electrons. The van der Waals surface area contributed by atoms with E-state index in [1.165, 1.54) is 0 Å². The summed E-state index contributed by atoms with van der Waals surface area (Å²) in [5.41, 5.74) is 4.88. The van der Waals surface area contributed by atoms with Crippen LogP contribution in [0.25, 0.3) is 0 Å². The van der Waals surface area contributed by atoms with Gasteiger partial charge in [0.1, 0.15) is 5.60 Å². The molecule has 1 saturated heterocycles. The van der Waals surface area contributed by atoms with E-state index in [0.29, 0.717) is 19.5 Å². The highest BCUT2D eigenvalue weighted by atomic mass is 16.6. The van der Waals surface area contributed by atoms with Gasteiger partial charge in [-0.3, -0.25) is 9.59 Å². The number of ether oxygens (including phenoxy) is 1. The van der Waals surface area contributed by atoms with Gasteiger partial charge in [0.25, 0.3) is 0 Å². The summed E-state index contributed by atoms with van der Waals surface area (Å²) in [6.45, 7) is 7.79. The van der Waals surface area contributed by atoms with Crippen LogP contribution in [0, 0.1) is 5.92 Å². The van der Waals surface area contributed by atoms with Crippen molar-refractivity contribution in [3.05, 3.63) is 0 Å². The molecule has 1 unspecified atom stereocenters. The van der Waals surface area contributed by atoms with Gasteiger partial charge < -0.3 is 15.4 Å². The summed E-state index contributed by atoms with van der Waals surface area (Å²) in [5.74, 6) is -0.502. The van der Waals surface area contributed by atoms with E-state index in [1.54, 1.807) is 0 Å². The van der Waals surface area contributed by atoms with E-state index in [9.17, 15) is 9.59 Å². The minimum atomic E-state index is -0.436. The number of hydrogen-bond donors (Lipinski definition) is 1. The molecular weight excluding hydrogens is 232 g/mol. The normalized spacial score (nSPS) is 21.6. The van der Waals surface area contributed by atoms with Crippen molar-refractivity contribution in [1.29, 1.82) is 0 Å². The Morgan fingerprint density at radius 3 is 2.61 bits per heavy atom. The number of carbonyl (C=O) groups is 2. The summed E-state index contributed by atoms with van der Waals surface area (Å²) < 4.78 is 5.25. The van der Waals surface area contributed by atoms with E-state index in [1.807, 2.05) is 20.8 Å². The zero-order valence-corrected chi connectivity index (χ0v) is 11.6. The molecule has 1 heterocycles. The third-order valence-corrected chi connectivity index (χ3v) is 2.96. The summed E-state index contributed by atoms with van der Waals surface area (Å²) >= 11 is 0. The molecule has 5 nitrogen and oxygen atoms in total. The number of likely N-dealkylation sites (tertiary alicyclic amines) is 1. The standard InChI is InChI=1S/C13H24N2O3/c1-13(2,3)18-11(16)6-8-15-7-4-5-10(9-15)12(14)17/h10H,4-9H2,1-3H3,(H2,14,17). The van der Waals surface area contributed by atoms with Crippen molar-refractivity contribution in [3.63, 3.8) is 0 Å². The monoisotopic (exact) mass is 256 g/mol. The zero-order valence-electron chi connectivity index (χ0n) is 11.6. The van der Waals surface area contributed by atoms with E-state index in [4.69, 9.17) is 10.5 Å².